The van der Waals surface area contributed by atoms with E-state index >= 15 is 0 Å². The Balaban J connectivity index is 0.00000161. The summed E-state index contributed by atoms with van der Waals surface area (Å²) in [6.45, 7) is 3.52. The van der Waals surface area contributed by atoms with Crippen molar-refractivity contribution in [2.45, 2.75) is 12.6 Å². The molecule has 1 aromatic carbocycles. The molecule has 0 amide bonds. The van der Waals surface area contributed by atoms with E-state index < -0.39 is 0 Å². The van der Waals surface area contributed by atoms with Gasteiger partial charge in [-0.05, 0) is 17.7 Å². The molecule has 1 aliphatic rings. The molecule has 0 spiro atoms. The van der Waals surface area contributed by atoms with Crippen LogP contribution >= 0.6 is 12.4 Å². The van der Waals surface area contributed by atoms with Gasteiger partial charge in [0.25, 0.3) is 0 Å². The smallest absolute Gasteiger partial charge is 0.123 e. The molecule has 1 atom stereocenters. The Morgan fingerprint density at radius 1 is 1.43 bits per heavy atom. The minimum absolute atomic E-state index is 0. The van der Waals surface area contributed by atoms with Gasteiger partial charge in [0.2, 0.25) is 0 Å². The second-order valence-electron chi connectivity index (χ2n) is 5.20. The molecular formula is C15H20ClFN4. The van der Waals surface area contributed by atoms with Crippen LogP contribution in [0.5, 0.6) is 0 Å². The Morgan fingerprint density at radius 3 is 3.00 bits per heavy atom. The van der Waals surface area contributed by atoms with E-state index in [1.165, 1.54) is 6.07 Å². The lowest BCUT2D eigenvalue weighted by atomic mass is 10.0. The average molecular weight is 311 g/mol. The standard InChI is InChI=1S/C15H19FN4.ClH/c1-19-7-6-18-15(19)11-20-8-5-17-10-14(20)12-3-2-4-13(16)9-12;/h2-4,6-7,9,14,17H,5,8,10-11H2,1H3;1H. The van der Waals surface area contributed by atoms with Gasteiger partial charge in [0, 0.05) is 45.1 Å². The van der Waals surface area contributed by atoms with Crippen molar-refractivity contribution in [1.82, 2.24) is 19.8 Å². The Hall–Kier alpha value is -1.43. The SMILES string of the molecule is Cl.Cn1ccnc1CN1CCNCC1c1cccc(F)c1. The zero-order valence-electron chi connectivity index (χ0n) is 12.0. The van der Waals surface area contributed by atoms with Crippen LogP contribution in [-0.2, 0) is 13.6 Å². The van der Waals surface area contributed by atoms with Crippen molar-refractivity contribution in [3.63, 3.8) is 0 Å². The van der Waals surface area contributed by atoms with Gasteiger partial charge in [0.15, 0.2) is 0 Å². The minimum Gasteiger partial charge on any atom is -0.337 e. The second-order valence-corrected chi connectivity index (χ2v) is 5.20. The van der Waals surface area contributed by atoms with Gasteiger partial charge >= 0.3 is 0 Å². The number of aryl methyl sites for hydroxylation is 1. The first-order valence-corrected chi connectivity index (χ1v) is 6.90. The number of nitrogens with zero attached hydrogens (tertiary/aromatic N) is 3. The largest absolute Gasteiger partial charge is 0.337 e. The highest BCUT2D eigenvalue weighted by molar-refractivity contribution is 5.85. The summed E-state index contributed by atoms with van der Waals surface area (Å²) in [6.07, 6.45) is 3.77. The molecular weight excluding hydrogens is 291 g/mol. The molecule has 114 valence electrons. The van der Waals surface area contributed by atoms with E-state index in [1.54, 1.807) is 12.1 Å². The normalized spacial score (nSPS) is 19.2. The second kappa shape index (κ2) is 7.02. The highest BCUT2D eigenvalue weighted by Gasteiger charge is 2.24. The molecule has 1 aliphatic heterocycles. The molecule has 4 nitrogen and oxygen atoms in total. The maximum absolute atomic E-state index is 13.4. The predicted molar refractivity (Wildman–Crippen MR) is 82.9 cm³/mol. The van der Waals surface area contributed by atoms with Crippen LogP contribution in [0.15, 0.2) is 36.7 Å². The summed E-state index contributed by atoms with van der Waals surface area (Å²) < 4.78 is 15.5. The van der Waals surface area contributed by atoms with E-state index in [0.29, 0.717) is 0 Å². The number of imidazole rings is 1. The summed E-state index contributed by atoms with van der Waals surface area (Å²) in [5.74, 6) is 0.860. The number of aromatic nitrogens is 2. The maximum atomic E-state index is 13.4. The van der Waals surface area contributed by atoms with Gasteiger partial charge < -0.3 is 9.88 Å². The molecule has 2 heterocycles. The molecule has 0 radical (unpaired) electrons. The molecule has 0 saturated carbocycles. The number of rotatable bonds is 3. The molecule has 2 aromatic rings. The first kappa shape index (κ1) is 15.9. The van der Waals surface area contributed by atoms with Crippen LogP contribution in [0.2, 0.25) is 0 Å². The van der Waals surface area contributed by atoms with Gasteiger partial charge in [-0.1, -0.05) is 12.1 Å². The van der Waals surface area contributed by atoms with Gasteiger partial charge in [0.1, 0.15) is 11.6 Å². The van der Waals surface area contributed by atoms with Gasteiger partial charge in [-0.3, -0.25) is 4.90 Å². The van der Waals surface area contributed by atoms with E-state index in [2.05, 4.69) is 15.2 Å². The van der Waals surface area contributed by atoms with Crippen molar-refractivity contribution >= 4 is 12.4 Å². The van der Waals surface area contributed by atoms with Crippen LogP contribution in [0, 0.1) is 5.82 Å². The van der Waals surface area contributed by atoms with Crippen LogP contribution in [0.4, 0.5) is 4.39 Å². The van der Waals surface area contributed by atoms with Gasteiger partial charge in [0.05, 0.1) is 6.54 Å². The number of nitrogens with one attached hydrogen (secondary N) is 1. The molecule has 0 aliphatic carbocycles. The quantitative estimate of drug-likeness (QED) is 0.943. The first-order valence-electron chi connectivity index (χ1n) is 6.90. The molecule has 1 unspecified atom stereocenters. The number of halogens is 2. The fourth-order valence-electron chi connectivity index (χ4n) is 2.71. The van der Waals surface area contributed by atoms with Gasteiger partial charge in [-0.2, -0.15) is 0 Å². The molecule has 1 N–H and O–H groups in total. The Labute approximate surface area is 130 Å². The fourth-order valence-corrected chi connectivity index (χ4v) is 2.71. The van der Waals surface area contributed by atoms with Crippen molar-refractivity contribution in [3.8, 4) is 0 Å². The lowest BCUT2D eigenvalue weighted by Crippen LogP contribution is -2.45. The first-order chi connectivity index (χ1) is 9.74. The van der Waals surface area contributed by atoms with E-state index in [4.69, 9.17) is 0 Å². The third-order valence-electron chi connectivity index (χ3n) is 3.85. The molecule has 6 heteroatoms. The van der Waals surface area contributed by atoms with Crippen molar-refractivity contribution in [3.05, 3.63) is 53.9 Å². The lowest BCUT2D eigenvalue weighted by Gasteiger charge is -2.36. The highest BCUT2D eigenvalue weighted by Crippen LogP contribution is 2.24. The van der Waals surface area contributed by atoms with Crippen LogP contribution in [0.25, 0.3) is 0 Å². The summed E-state index contributed by atoms with van der Waals surface area (Å²) in [5.41, 5.74) is 1.02. The molecule has 1 aromatic heterocycles. The Kier molecular flexibility index (Phi) is 5.33. The van der Waals surface area contributed by atoms with Crippen molar-refractivity contribution in [2.24, 2.45) is 7.05 Å². The van der Waals surface area contributed by atoms with Crippen molar-refractivity contribution in [2.75, 3.05) is 19.6 Å². The van der Waals surface area contributed by atoms with Gasteiger partial charge in [-0.25, -0.2) is 9.37 Å². The predicted octanol–water partition coefficient (Wildman–Crippen LogP) is 2.13. The highest BCUT2D eigenvalue weighted by atomic mass is 35.5. The molecule has 21 heavy (non-hydrogen) atoms. The third-order valence-corrected chi connectivity index (χ3v) is 3.85. The van der Waals surface area contributed by atoms with E-state index in [-0.39, 0.29) is 24.3 Å². The molecule has 1 saturated heterocycles. The van der Waals surface area contributed by atoms with Crippen molar-refractivity contribution in [1.29, 1.82) is 0 Å². The van der Waals surface area contributed by atoms with E-state index in [9.17, 15) is 4.39 Å². The molecule has 3 rings (SSSR count). The van der Waals surface area contributed by atoms with Crippen molar-refractivity contribution < 1.29 is 4.39 Å². The van der Waals surface area contributed by atoms with Gasteiger partial charge in [-0.15, -0.1) is 12.4 Å². The fraction of sp³-hybridized carbons (Fsp3) is 0.400. The summed E-state index contributed by atoms with van der Waals surface area (Å²) in [5, 5.41) is 3.39. The Bertz CT molecular complexity index is 587. The third kappa shape index (κ3) is 3.61. The van der Waals surface area contributed by atoms with Crippen LogP contribution in [0.3, 0.4) is 0 Å². The topological polar surface area (TPSA) is 33.1 Å². The van der Waals surface area contributed by atoms with Crippen LogP contribution in [0.1, 0.15) is 17.4 Å². The number of piperazine rings is 1. The monoisotopic (exact) mass is 310 g/mol. The number of hydrogen-bond acceptors (Lipinski definition) is 3. The summed E-state index contributed by atoms with van der Waals surface area (Å²) >= 11 is 0. The van der Waals surface area contributed by atoms with E-state index in [1.807, 2.05) is 30.1 Å². The average Bonchev–Trinajstić information content (AvgIpc) is 2.85. The Morgan fingerprint density at radius 2 is 2.29 bits per heavy atom. The zero-order valence-corrected chi connectivity index (χ0v) is 12.8. The van der Waals surface area contributed by atoms with Crippen LogP contribution < -0.4 is 5.32 Å². The maximum Gasteiger partial charge on any atom is 0.123 e. The minimum atomic E-state index is -0.176. The lowest BCUT2D eigenvalue weighted by molar-refractivity contribution is 0.148. The number of benzene rings is 1. The van der Waals surface area contributed by atoms with E-state index in [0.717, 1.165) is 37.6 Å². The molecule has 0 bridgehead atoms. The number of hydrogen-bond donors (Lipinski definition) is 1. The molecule has 1 fully saturated rings. The summed E-state index contributed by atoms with van der Waals surface area (Å²) in [6, 6.07) is 7.08. The van der Waals surface area contributed by atoms with Crippen LogP contribution in [-0.4, -0.2) is 34.1 Å². The zero-order chi connectivity index (χ0) is 13.9. The summed E-state index contributed by atoms with van der Waals surface area (Å²) in [4.78, 5) is 6.74. The summed E-state index contributed by atoms with van der Waals surface area (Å²) in [7, 11) is 2.00.